The topological polar surface area (TPSA) is 46.3 Å². The van der Waals surface area contributed by atoms with Crippen LogP contribution in [0.25, 0.3) is 0 Å². The van der Waals surface area contributed by atoms with Gasteiger partial charge in [-0.2, -0.15) is 0 Å². The molecule has 3 unspecified atom stereocenters. The smallest absolute Gasteiger partial charge is 0.234 e. The molecule has 1 heterocycles. The van der Waals surface area contributed by atoms with Gasteiger partial charge in [0.05, 0.1) is 5.92 Å². The zero-order chi connectivity index (χ0) is 13.4. The summed E-state index contributed by atoms with van der Waals surface area (Å²) < 4.78 is 0. The number of rotatable bonds is 3. The Morgan fingerprint density at radius 3 is 2.72 bits per heavy atom. The molecule has 0 saturated heterocycles. The van der Waals surface area contributed by atoms with Gasteiger partial charge < -0.3 is 10.6 Å². The molecular weight excluding hydrogens is 224 g/mol. The average molecular weight is 246 g/mol. The van der Waals surface area contributed by atoms with Gasteiger partial charge in [-0.25, -0.2) is 0 Å². The van der Waals surface area contributed by atoms with Gasteiger partial charge in [0.2, 0.25) is 5.91 Å². The molecule has 2 rings (SSSR count). The minimum atomic E-state index is -0.0471. The van der Waals surface area contributed by atoms with Crippen LogP contribution in [0.1, 0.15) is 50.3 Å². The number of hydrogen-bond acceptors (Lipinski definition) is 2. The summed E-state index contributed by atoms with van der Waals surface area (Å²) in [4.78, 5) is 13.7. The van der Waals surface area contributed by atoms with Crippen molar-refractivity contribution in [1.82, 2.24) is 0 Å². The summed E-state index contributed by atoms with van der Waals surface area (Å²) in [5, 5.41) is 0. The first-order valence-electron chi connectivity index (χ1n) is 6.64. The molecule has 0 fully saturated rings. The predicted octanol–water partition coefficient (Wildman–Crippen LogP) is 2.81. The molecule has 0 bridgehead atoms. The zero-order valence-electron chi connectivity index (χ0n) is 11.6. The van der Waals surface area contributed by atoms with E-state index in [9.17, 15) is 4.79 Å². The number of fused-ring (bicyclic) bond motifs is 1. The lowest BCUT2D eigenvalue weighted by atomic mass is 9.90. The molecule has 98 valence electrons. The Morgan fingerprint density at radius 2 is 2.11 bits per heavy atom. The molecule has 0 aliphatic carbocycles. The summed E-state index contributed by atoms with van der Waals surface area (Å²) >= 11 is 0. The van der Waals surface area contributed by atoms with E-state index in [1.165, 1.54) is 0 Å². The van der Waals surface area contributed by atoms with Crippen LogP contribution >= 0.6 is 0 Å². The van der Waals surface area contributed by atoms with Crippen LogP contribution in [0.3, 0.4) is 0 Å². The normalized spacial score (nSPS) is 21.9. The Balaban J connectivity index is 2.37. The maximum atomic E-state index is 11.9. The van der Waals surface area contributed by atoms with Crippen LogP contribution in [-0.4, -0.2) is 13.0 Å². The van der Waals surface area contributed by atoms with Crippen molar-refractivity contribution in [3.63, 3.8) is 0 Å². The highest BCUT2D eigenvalue weighted by Crippen LogP contribution is 2.38. The van der Waals surface area contributed by atoms with Crippen molar-refractivity contribution in [1.29, 1.82) is 0 Å². The molecule has 1 aromatic carbocycles. The number of amides is 1. The first-order chi connectivity index (χ1) is 8.47. The largest absolute Gasteiger partial charge is 0.324 e. The van der Waals surface area contributed by atoms with E-state index in [0.29, 0.717) is 5.92 Å². The lowest BCUT2D eigenvalue weighted by molar-refractivity contribution is -0.118. The monoisotopic (exact) mass is 246 g/mol. The van der Waals surface area contributed by atoms with Gasteiger partial charge in [-0.1, -0.05) is 32.4 Å². The van der Waals surface area contributed by atoms with Gasteiger partial charge in [0.25, 0.3) is 0 Å². The highest BCUT2D eigenvalue weighted by molar-refractivity contribution is 6.04. The number of carbonyl (C=O) groups is 1. The summed E-state index contributed by atoms with van der Waals surface area (Å²) in [6.45, 7) is 6.28. The summed E-state index contributed by atoms with van der Waals surface area (Å²) in [6.07, 6.45) is 1.06. The molecule has 1 aliphatic heterocycles. The maximum Gasteiger partial charge on any atom is 0.234 e. The minimum Gasteiger partial charge on any atom is -0.324 e. The van der Waals surface area contributed by atoms with Gasteiger partial charge in [-0.3, -0.25) is 4.79 Å². The number of benzene rings is 1. The molecule has 1 aromatic rings. The molecule has 0 spiro atoms. The van der Waals surface area contributed by atoms with Crippen LogP contribution in [0.4, 0.5) is 5.69 Å². The molecule has 3 nitrogen and oxygen atoms in total. The van der Waals surface area contributed by atoms with Crippen molar-refractivity contribution in [2.24, 2.45) is 11.7 Å². The van der Waals surface area contributed by atoms with E-state index in [4.69, 9.17) is 5.73 Å². The van der Waals surface area contributed by atoms with Crippen LogP contribution in [0.2, 0.25) is 0 Å². The number of hydrogen-bond donors (Lipinski definition) is 1. The van der Waals surface area contributed by atoms with Gasteiger partial charge >= 0.3 is 0 Å². The number of likely N-dealkylation sites (N-methyl/N-ethyl adjacent to an activating group) is 1. The fraction of sp³-hybridized carbons (Fsp3) is 0.533. The SMILES string of the molecule is CCC(C)C(N)c1ccc2c(c1)C(C)C(=O)N2C. The Kier molecular flexibility index (Phi) is 3.44. The van der Waals surface area contributed by atoms with E-state index in [0.717, 1.165) is 23.2 Å². The summed E-state index contributed by atoms with van der Waals surface area (Å²) in [7, 11) is 1.83. The predicted molar refractivity (Wildman–Crippen MR) is 74.7 cm³/mol. The summed E-state index contributed by atoms with van der Waals surface area (Å²) in [5.41, 5.74) is 9.53. The van der Waals surface area contributed by atoms with E-state index < -0.39 is 0 Å². The third-order valence-electron chi connectivity index (χ3n) is 4.22. The first-order valence-corrected chi connectivity index (χ1v) is 6.64. The van der Waals surface area contributed by atoms with Gasteiger partial charge in [0, 0.05) is 18.8 Å². The van der Waals surface area contributed by atoms with Gasteiger partial charge in [-0.05, 0) is 30.0 Å². The fourth-order valence-corrected chi connectivity index (χ4v) is 2.56. The standard InChI is InChI=1S/C15H22N2O/c1-5-9(2)14(16)11-6-7-13-12(8-11)10(3)15(18)17(13)4/h6-10,14H,5,16H2,1-4H3. The molecule has 3 heteroatoms. The van der Waals surface area contributed by atoms with Crippen LogP contribution in [-0.2, 0) is 4.79 Å². The van der Waals surface area contributed by atoms with E-state index >= 15 is 0 Å². The lowest BCUT2D eigenvalue weighted by Crippen LogP contribution is -2.22. The second-order valence-corrected chi connectivity index (χ2v) is 5.35. The van der Waals surface area contributed by atoms with Crippen molar-refractivity contribution in [3.05, 3.63) is 29.3 Å². The minimum absolute atomic E-state index is 0.0471. The molecule has 18 heavy (non-hydrogen) atoms. The Hall–Kier alpha value is -1.35. The van der Waals surface area contributed by atoms with Gasteiger partial charge in [-0.15, -0.1) is 0 Å². The van der Waals surface area contributed by atoms with E-state index in [2.05, 4.69) is 26.0 Å². The highest BCUT2D eigenvalue weighted by atomic mass is 16.2. The van der Waals surface area contributed by atoms with Crippen LogP contribution in [0.15, 0.2) is 18.2 Å². The van der Waals surface area contributed by atoms with Crippen molar-refractivity contribution < 1.29 is 4.79 Å². The first kappa shape index (κ1) is 13.1. The van der Waals surface area contributed by atoms with Crippen LogP contribution in [0.5, 0.6) is 0 Å². The van der Waals surface area contributed by atoms with E-state index in [-0.39, 0.29) is 17.9 Å². The highest BCUT2D eigenvalue weighted by Gasteiger charge is 2.32. The summed E-state index contributed by atoms with van der Waals surface area (Å²) in [5.74, 6) is 0.571. The third-order valence-corrected chi connectivity index (χ3v) is 4.22. The molecule has 0 aromatic heterocycles. The second-order valence-electron chi connectivity index (χ2n) is 5.35. The quantitative estimate of drug-likeness (QED) is 0.891. The molecule has 2 N–H and O–H groups in total. The molecular formula is C15H22N2O. The van der Waals surface area contributed by atoms with Gasteiger partial charge in [0.15, 0.2) is 0 Å². The number of nitrogens with zero attached hydrogens (tertiary/aromatic N) is 1. The molecule has 1 amide bonds. The fourth-order valence-electron chi connectivity index (χ4n) is 2.56. The second kappa shape index (κ2) is 4.73. The molecule has 1 aliphatic rings. The van der Waals surface area contributed by atoms with Crippen molar-refractivity contribution in [2.75, 3.05) is 11.9 Å². The summed E-state index contributed by atoms with van der Waals surface area (Å²) in [6, 6.07) is 6.23. The lowest BCUT2D eigenvalue weighted by Gasteiger charge is -2.20. The van der Waals surface area contributed by atoms with Crippen LogP contribution in [0, 0.1) is 5.92 Å². The molecule has 0 saturated carbocycles. The van der Waals surface area contributed by atoms with Crippen molar-refractivity contribution in [2.45, 2.75) is 39.2 Å². The Bertz CT molecular complexity index is 470. The van der Waals surface area contributed by atoms with Gasteiger partial charge in [0.1, 0.15) is 0 Å². The number of carbonyl (C=O) groups excluding carboxylic acids is 1. The maximum absolute atomic E-state index is 11.9. The third kappa shape index (κ3) is 1.93. The molecule has 3 atom stereocenters. The Morgan fingerprint density at radius 1 is 1.44 bits per heavy atom. The average Bonchev–Trinajstić information content (AvgIpc) is 2.61. The van der Waals surface area contributed by atoms with Crippen molar-refractivity contribution >= 4 is 11.6 Å². The number of nitrogens with two attached hydrogens (primary N) is 1. The number of anilines is 1. The van der Waals surface area contributed by atoms with Crippen molar-refractivity contribution in [3.8, 4) is 0 Å². The van der Waals surface area contributed by atoms with Crippen LogP contribution < -0.4 is 10.6 Å². The van der Waals surface area contributed by atoms with E-state index in [1.807, 2.05) is 20.0 Å². The molecule has 0 radical (unpaired) electrons. The van der Waals surface area contributed by atoms with E-state index in [1.54, 1.807) is 4.90 Å². The Labute approximate surface area is 109 Å². The zero-order valence-corrected chi connectivity index (χ0v) is 11.6.